The van der Waals surface area contributed by atoms with Crippen molar-refractivity contribution in [2.75, 3.05) is 30.7 Å². The Labute approximate surface area is 145 Å². The summed E-state index contributed by atoms with van der Waals surface area (Å²) in [4.78, 5) is 38.8. The third-order valence-corrected chi connectivity index (χ3v) is 4.82. The van der Waals surface area contributed by atoms with Crippen LogP contribution in [0.15, 0.2) is 0 Å². The molecule has 1 saturated heterocycles. The minimum atomic E-state index is -1.16. The van der Waals surface area contributed by atoms with E-state index in [1.807, 2.05) is 6.92 Å². The number of amides is 1. The molecule has 0 N–H and O–H groups in total. The molecule has 1 heterocycles. The normalized spacial score (nSPS) is 21.3. The quantitative estimate of drug-likeness (QED) is 0.256. The summed E-state index contributed by atoms with van der Waals surface area (Å²) in [5, 5.41) is 0. The molecule has 2 atom stereocenters. The molecule has 1 aliphatic rings. The maximum atomic E-state index is 12.6. The molecule has 0 radical (unpaired) electrons. The Balaban J connectivity index is 3.06. The third kappa shape index (κ3) is 4.33. The highest BCUT2D eigenvalue weighted by atomic mass is 127. The topological polar surface area (TPSA) is 72.9 Å². The Hall–Kier alpha value is -0.860. The molecule has 0 aromatic heterocycles. The average molecular weight is 425 g/mol. The zero-order valence-corrected chi connectivity index (χ0v) is 15.5. The Morgan fingerprint density at radius 1 is 1.23 bits per heavy atom. The van der Waals surface area contributed by atoms with Crippen LogP contribution in [-0.2, 0) is 23.9 Å². The van der Waals surface area contributed by atoms with E-state index in [0.29, 0.717) is 17.5 Å². The number of esters is 2. The van der Waals surface area contributed by atoms with Gasteiger partial charge in [-0.3, -0.25) is 14.4 Å². The summed E-state index contributed by atoms with van der Waals surface area (Å²) in [5.41, 5.74) is 0. The summed E-state index contributed by atoms with van der Waals surface area (Å²) >= 11 is 2.19. The Kier molecular flexibility index (Phi) is 8.13. The highest BCUT2D eigenvalue weighted by Gasteiger charge is 2.50. The van der Waals surface area contributed by atoms with E-state index >= 15 is 0 Å². The Morgan fingerprint density at radius 3 is 2.18 bits per heavy atom. The summed E-state index contributed by atoms with van der Waals surface area (Å²) < 4.78 is 10.7. The maximum Gasteiger partial charge on any atom is 0.321 e. The van der Waals surface area contributed by atoms with Crippen LogP contribution in [0.1, 0.15) is 27.2 Å². The number of hydrogen-bond donors (Lipinski definition) is 0. The van der Waals surface area contributed by atoms with Gasteiger partial charge in [-0.15, -0.1) is 0 Å². The molecule has 6 nitrogen and oxygen atoms in total. The fourth-order valence-electron chi connectivity index (χ4n) is 2.78. The average Bonchev–Trinajstić information content (AvgIpc) is 2.78. The first kappa shape index (κ1) is 19.2. The van der Waals surface area contributed by atoms with Gasteiger partial charge in [-0.1, -0.05) is 29.5 Å². The van der Waals surface area contributed by atoms with Gasteiger partial charge in [0.05, 0.1) is 19.1 Å². The lowest BCUT2D eigenvalue weighted by atomic mass is 9.84. The lowest BCUT2D eigenvalue weighted by molar-refractivity contribution is -0.167. The first-order valence-corrected chi connectivity index (χ1v) is 9.22. The largest absolute Gasteiger partial charge is 0.465 e. The summed E-state index contributed by atoms with van der Waals surface area (Å²) in [5.74, 6) is -3.34. The molecule has 126 valence electrons. The van der Waals surface area contributed by atoms with Gasteiger partial charge in [-0.05, 0) is 26.2 Å². The van der Waals surface area contributed by atoms with Crippen LogP contribution in [0.5, 0.6) is 0 Å². The maximum absolute atomic E-state index is 12.6. The zero-order valence-electron chi connectivity index (χ0n) is 13.3. The number of alkyl halides is 1. The number of halogens is 1. The van der Waals surface area contributed by atoms with E-state index in [1.54, 1.807) is 18.7 Å². The van der Waals surface area contributed by atoms with E-state index in [4.69, 9.17) is 9.47 Å². The van der Waals surface area contributed by atoms with Crippen molar-refractivity contribution in [1.29, 1.82) is 0 Å². The van der Waals surface area contributed by atoms with Crippen molar-refractivity contribution in [1.82, 2.24) is 4.90 Å². The van der Waals surface area contributed by atoms with Gasteiger partial charge >= 0.3 is 11.9 Å². The van der Waals surface area contributed by atoms with Crippen molar-refractivity contribution < 1.29 is 23.9 Å². The van der Waals surface area contributed by atoms with Crippen LogP contribution in [0.4, 0.5) is 0 Å². The predicted molar refractivity (Wildman–Crippen MR) is 89.5 cm³/mol. The van der Waals surface area contributed by atoms with E-state index < -0.39 is 23.8 Å². The molecule has 0 bridgehead atoms. The highest BCUT2D eigenvalue weighted by molar-refractivity contribution is 14.1. The minimum absolute atomic E-state index is 0.0431. The first-order valence-electron chi connectivity index (χ1n) is 7.69. The summed E-state index contributed by atoms with van der Waals surface area (Å²) in [6.07, 6.45) is 0.843. The molecule has 1 aliphatic heterocycles. The van der Waals surface area contributed by atoms with Crippen molar-refractivity contribution >= 4 is 40.4 Å². The first-order chi connectivity index (χ1) is 10.5. The zero-order chi connectivity index (χ0) is 16.7. The Bertz CT molecular complexity index is 397. The number of nitrogens with zero attached hydrogens (tertiary/aromatic N) is 1. The van der Waals surface area contributed by atoms with Crippen LogP contribution < -0.4 is 0 Å². The molecule has 7 heteroatoms. The highest BCUT2D eigenvalue weighted by Crippen LogP contribution is 2.34. The van der Waals surface area contributed by atoms with Gasteiger partial charge in [0.25, 0.3) is 0 Å². The fourth-order valence-corrected chi connectivity index (χ4v) is 3.61. The van der Waals surface area contributed by atoms with Crippen LogP contribution in [0.2, 0.25) is 0 Å². The van der Waals surface area contributed by atoms with Gasteiger partial charge in [0.15, 0.2) is 5.92 Å². The number of rotatable bonds is 8. The number of carbonyl (C=O) groups is 3. The summed E-state index contributed by atoms with van der Waals surface area (Å²) in [7, 11) is 0. The van der Waals surface area contributed by atoms with Gasteiger partial charge in [0.1, 0.15) is 0 Å². The van der Waals surface area contributed by atoms with Crippen LogP contribution in [0, 0.1) is 17.8 Å². The van der Waals surface area contributed by atoms with Crippen LogP contribution in [-0.4, -0.2) is 53.5 Å². The standard InChI is InChI=1S/C15H24INO5/c1-4-7-17-9-10(8-16)11(13(17)18)12(14(19)21-5-2)15(20)22-6-3/h10-12H,4-9H2,1-3H3. The van der Waals surface area contributed by atoms with Crippen LogP contribution in [0.3, 0.4) is 0 Å². The predicted octanol–water partition coefficient (Wildman–Crippen LogP) is 1.65. The van der Waals surface area contributed by atoms with Crippen molar-refractivity contribution in [3.05, 3.63) is 0 Å². The second-order valence-corrected chi connectivity index (χ2v) is 6.09. The van der Waals surface area contributed by atoms with Crippen LogP contribution in [0.25, 0.3) is 0 Å². The van der Waals surface area contributed by atoms with Gasteiger partial charge in [0.2, 0.25) is 5.91 Å². The molecule has 22 heavy (non-hydrogen) atoms. The molecule has 0 aromatic carbocycles. The molecule has 0 saturated carbocycles. The smallest absolute Gasteiger partial charge is 0.321 e. The van der Waals surface area contributed by atoms with Crippen molar-refractivity contribution in [2.24, 2.45) is 17.8 Å². The fraction of sp³-hybridized carbons (Fsp3) is 0.800. The van der Waals surface area contributed by atoms with Gasteiger partial charge < -0.3 is 14.4 Å². The van der Waals surface area contributed by atoms with E-state index in [-0.39, 0.29) is 25.0 Å². The van der Waals surface area contributed by atoms with Gasteiger partial charge in [-0.25, -0.2) is 0 Å². The van der Waals surface area contributed by atoms with Crippen LogP contribution >= 0.6 is 22.6 Å². The summed E-state index contributed by atoms with van der Waals surface area (Å²) in [6.45, 7) is 6.91. The molecule has 0 spiro atoms. The summed E-state index contributed by atoms with van der Waals surface area (Å²) in [6, 6.07) is 0. The van der Waals surface area contributed by atoms with Crippen molar-refractivity contribution in [3.8, 4) is 0 Å². The number of likely N-dealkylation sites (tertiary alicyclic amines) is 1. The monoisotopic (exact) mass is 425 g/mol. The molecule has 1 fully saturated rings. The van der Waals surface area contributed by atoms with E-state index in [9.17, 15) is 14.4 Å². The van der Waals surface area contributed by atoms with Crippen molar-refractivity contribution in [3.63, 3.8) is 0 Å². The van der Waals surface area contributed by atoms with Gasteiger partial charge in [0, 0.05) is 17.5 Å². The molecule has 2 unspecified atom stereocenters. The SMILES string of the molecule is CCCN1CC(CI)C(C(C(=O)OCC)C(=O)OCC)C1=O. The minimum Gasteiger partial charge on any atom is -0.465 e. The number of ether oxygens (including phenoxy) is 2. The molecule has 1 amide bonds. The van der Waals surface area contributed by atoms with Gasteiger partial charge in [-0.2, -0.15) is 0 Å². The second-order valence-electron chi connectivity index (χ2n) is 5.21. The lowest BCUT2D eigenvalue weighted by Crippen LogP contribution is -2.41. The molecular weight excluding hydrogens is 401 g/mol. The molecule has 1 rings (SSSR count). The van der Waals surface area contributed by atoms with E-state index in [2.05, 4.69) is 22.6 Å². The number of hydrogen-bond acceptors (Lipinski definition) is 5. The van der Waals surface area contributed by atoms with E-state index in [1.165, 1.54) is 0 Å². The van der Waals surface area contributed by atoms with Crippen molar-refractivity contribution in [2.45, 2.75) is 27.2 Å². The lowest BCUT2D eigenvalue weighted by Gasteiger charge is -2.22. The van der Waals surface area contributed by atoms with E-state index in [0.717, 1.165) is 6.42 Å². The number of carbonyl (C=O) groups excluding carboxylic acids is 3. The molecule has 0 aromatic rings. The Morgan fingerprint density at radius 2 is 1.77 bits per heavy atom. The third-order valence-electron chi connectivity index (χ3n) is 3.69. The molecule has 0 aliphatic carbocycles. The molecular formula is C15H24INO5. The second kappa shape index (κ2) is 9.32.